The lowest BCUT2D eigenvalue weighted by Gasteiger charge is -2.66. The summed E-state index contributed by atoms with van der Waals surface area (Å²) in [6.07, 6.45) is 14.0. The molecule has 0 aromatic heterocycles. The average molecular weight is 651 g/mol. The van der Waals surface area contributed by atoms with Gasteiger partial charge in [-0.05, 0) is 103 Å². The number of rotatable bonds is 7. The van der Waals surface area contributed by atoms with Gasteiger partial charge in [0.2, 0.25) is 0 Å². The first kappa shape index (κ1) is 29.2. The summed E-state index contributed by atoms with van der Waals surface area (Å²) in [5.74, 6) is 4.82. The number of carbonyl (C=O) groups is 1. The second-order valence-corrected chi connectivity index (χ2v) is 17.0. The van der Waals surface area contributed by atoms with Gasteiger partial charge in [0, 0.05) is 15.6 Å². The molecule has 0 radical (unpaired) electrons. The second-order valence-electron chi connectivity index (χ2n) is 14.5. The molecule has 4 aliphatic rings. The number of ether oxygens (including phenoxy) is 1. The number of hydrogen-bond donors (Lipinski definition) is 0. The Morgan fingerprint density at radius 2 is 1.74 bits per heavy atom. The summed E-state index contributed by atoms with van der Waals surface area (Å²) >= 11 is 8.61. The number of carbonyl (C=O) groups excluding carboxylic acids is 1. The van der Waals surface area contributed by atoms with Gasteiger partial charge >= 0.3 is 5.97 Å². The molecule has 0 N–H and O–H groups in total. The minimum Gasteiger partial charge on any atom is -0.459 e. The van der Waals surface area contributed by atoms with Crippen LogP contribution in [-0.2, 0) is 4.74 Å². The van der Waals surface area contributed by atoms with Crippen molar-refractivity contribution in [2.24, 2.45) is 46.3 Å². The van der Waals surface area contributed by atoms with Crippen molar-refractivity contribution in [2.45, 2.75) is 121 Å². The molecule has 38 heavy (non-hydrogen) atoms. The molecule has 0 aliphatic heterocycles. The molecule has 1 aromatic rings. The molecule has 0 unspecified atom stereocenters. The van der Waals surface area contributed by atoms with Crippen molar-refractivity contribution in [1.29, 1.82) is 0 Å². The fourth-order valence-corrected chi connectivity index (χ4v) is 12.2. The molecule has 1 aromatic carbocycles. The third-order valence-electron chi connectivity index (χ3n) is 12.2. The molecule has 0 amide bonds. The SMILES string of the molecule is CC(C)CCC[C@@H](C)[C@H]1CC[C@H]2[C@@H]3C[C@@H](Br)[C@@]4(Br)C[C@@H](OC(=O)c5ccccc5)CC[C@]4(C)[C@H]3CC[C@]12C. The quantitative estimate of drug-likeness (QED) is 0.217. The van der Waals surface area contributed by atoms with Crippen LogP contribution in [0.2, 0.25) is 0 Å². The van der Waals surface area contributed by atoms with Crippen molar-refractivity contribution in [1.82, 2.24) is 0 Å². The van der Waals surface area contributed by atoms with Crippen molar-refractivity contribution in [3.8, 4) is 0 Å². The minimum absolute atomic E-state index is 0.0248. The zero-order valence-corrected chi connectivity index (χ0v) is 27.5. The zero-order chi connectivity index (χ0) is 27.3. The summed E-state index contributed by atoms with van der Waals surface area (Å²) in [4.78, 5) is 13.3. The molecule has 4 aliphatic carbocycles. The van der Waals surface area contributed by atoms with E-state index in [2.05, 4.69) is 66.5 Å². The van der Waals surface area contributed by atoms with Crippen LogP contribution in [0.1, 0.15) is 116 Å². The number of esters is 1. The average Bonchev–Trinajstić information content (AvgIpc) is 3.23. The summed E-state index contributed by atoms with van der Waals surface area (Å²) in [7, 11) is 0. The van der Waals surface area contributed by atoms with Crippen molar-refractivity contribution in [3.63, 3.8) is 0 Å². The summed E-state index contributed by atoms with van der Waals surface area (Å²) in [6, 6.07) is 9.48. The maximum atomic E-state index is 12.9. The number of alkyl halides is 2. The molecule has 2 nitrogen and oxygen atoms in total. The number of halogens is 2. The molecule has 4 fully saturated rings. The molecule has 0 heterocycles. The first-order valence-electron chi connectivity index (χ1n) is 15.6. The van der Waals surface area contributed by atoms with Gasteiger partial charge in [0.05, 0.1) is 5.56 Å². The predicted octanol–water partition coefficient (Wildman–Crippen LogP) is 10.2. The van der Waals surface area contributed by atoms with Gasteiger partial charge in [-0.1, -0.05) is 104 Å². The highest BCUT2D eigenvalue weighted by Crippen LogP contribution is 2.71. The van der Waals surface area contributed by atoms with E-state index in [0.29, 0.717) is 15.8 Å². The first-order chi connectivity index (χ1) is 18.0. The fraction of sp³-hybridized carbons (Fsp3) is 0.794. The van der Waals surface area contributed by atoms with E-state index in [9.17, 15) is 4.79 Å². The molecular weight excluding hydrogens is 600 g/mol. The molecule has 10 atom stereocenters. The third-order valence-corrected chi connectivity index (χ3v) is 15.7. The van der Waals surface area contributed by atoms with Gasteiger partial charge in [0.15, 0.2) is 0 Å². The van der Waals surface area contributed by atoms with E-state index in [4.69, 9.17) is 4.74 Å². The van der Waals surface area contributed by atoms with E-state index < -0.39 is 0 Å². The lowest BCUT2D eigenvalue weighted by Crippen LogP contribution is -2.64. The van der Waals surface area contributed by atoms with E-state index in [-0.39, 0.29) is 21.8 Å². The predicted molar refractivity (Wildman–Crippen MR) is 165 cm³/mol. The van der Waals surface area contributed by atoms with Gasteiger partial charge in [-0.25, -0.2) is 4.79 Å². The molecular formula is C34H50Br2O2. The van der Waals surface area contributed by atoms with Gasteiger partial charge < -0.3 is 4.74 Å². The van der Waals surface area contributed by atoms with Crippen molar-refractivity contribution in [3.05, 3.63) is 35.9 Å². The van der Waals surface area contributed by atoms with Crippen LogP contribution in [0.5, 0.6) is 0 Å². The van der Waals surface area contributed by atoms with Crippen LogP contribution in [0.3, 0.4) is 0 Å². The molecule has 0 bridgehead atoms. The van der Waals surface area contributed by atoms with Crippen LogP contribution >= 0.6 is 31.9 Å². The minimum atomic E-state index is -0.178. The van der Waals surface area contributed by atoms with Gasteiger partial charge in [-0.3, -0.25) is 0 Å². The standard InChI is InChI=1S/C34H50Br2O2/c1-22(2)10-9-11-23(3)27-14-15-28-26-20-30(35)34(36)21-25(38-31(37)24-12-7-6-8-13-24)16-19-33(34,5)29(26)17-18-32(27,28)4/h6-8,12-13,22-23,25-30H,9-11,14-21H2,1-5H3/t23-,25+,26+,27-,28+,29+,30-,32-,33-,34+/m1/s1. The summed E-state index contributed by atoms with van der Waals surface area (Å²) in [5, 5.41) is 0. The van der Waals surface area contributed by atoms with Crippen LogP contribution < -0.4 is 0 Å². The largest absolute Gasteiger partial charge is 0.459 e. The molecule has 0 spiro atoms. The van der Waals surface area contributed by atoms with Crippen molar-refractivity contribution in [2.75, 3.05) is 0 Å². The topological polar surface area (TPSA) is 26.3 Å². The third kappa shape index (κ3) is 4.99. The Bertz CT molecular complexity index is 980. The van der Waals surface area contributed by atoms with Crippen LogP contribution in [0, 0.1) is 46.3 Å². The van der Waals surface area contributed by atoms with Crippen LogP contribution in [0.25, 0.3) is 0 Å². The Hall–Kier alpha value is -0.350. The summed E-state index contributed by atoms with van der Waals surface area (Å²) < 4.78 is 6.07. The second kappa shape index (κ2) is 11.1. The molecule has 212 valence electrons. The lowest BCUT2D eigenvalue weighted by atomic mass is 9.44. The van der Waals surface area contributed by atoms with E-state index in [1.807, 2.05) is 30.3 Å². The highest BCUT2D eigenvalue weighted by Gasteiger charge is 2.67. The summed E-state index contributed by atoms with van der Waals surface area (Å²) in [5.41, 5.74) is 1.39. The van der Waals surface area contributed by atoms with Crippen molar-refractivity contribution < 1.29 is 9.53 Å². The Morgan fingerprint density at radius 3 is 2.45 bits per heavy atom. The van der Waals surface area contributed by atoms with Gasteiger partial charge in [-0.2, -0.15) is 0 Å². The maximum Gasteiger partial charge on any atom is 0.338 e. The molecule has 5 rings (SSSR count). The Labute approximate surface area is 249 Å². The summed E-state index contributed by atoms with van der Waals surface area (Å²) in [6.45, 7) is 12.6. The monoisotopic (exact) mass is 648 g/mol. The van der Waals surface area contributed by atoms with E-state index >= 15 is 0 Å². The molecule has 4 heteroatoms. The Balaban J connectivity index is 1.29. The Morgan fingerprint density at radius 1 is 1.00 bits per heavy atom. The van der Waals surface area contributed by atoms with Gasteiger partial charge in [0.1, 0.15) is 6.10 Å². The first-order valence-corrected chi connectivity index (χ1v) is 17.3. The highest BCUT2D eigenvalue weighted by atomic mass is 79.9. The van der Waals surface area contributed by atoms with E-state index in [1.165, 1.54) is 51.4 Å². The van der Waals surface area contributed by atoms with E-state index in [1.54, 1.807) is 0 Å². The van der Waals surface area contributed by atoms with Crippen LogP contribution in [0.4, 0.5) is 0 Å². The van der Waals surface area contributed by atoms with Crippen molar-refractivity contribution >= 4 is 37.8 Å². The van der Waals surface area contributed by atoms with Gasteiger partial charge in [-0.15, -0.1) is 0 Å². The smallest absolute Gasteiger partial charge is 0.338 e. The molecule has 0 saturated heterocycles. The highest BCUT2D eigenvalue weighted by molar-refractivity contribution is 9.12. The van der Waals surface area contributed by atoms with Crippen LogP contribution in [-0.4, -0.2) is 21.2 Å². The van der Waals surface area contributed by atoms with E-state index in [0.717, 1.165) is 54.8 Å². The normalized spacial score (nSPS) is 43.2. The lowest BCUT2D eigenvalue weighted by molar-refractivity contribution is -0.112. The fourth-order valence-electron chi connectivity index (χ4n) is 10.1. The number of benzene rings is 1. The van der Waals surface area contributed by atoms with Crippen LogP contribution in [0.15, 0.2) is 30.3 Å². The zero-order valence-electron chi connectivity index (χ0n) is 24.4. The molecule has 4 saturated carbocycles. The Kier molecular flexibility index (Phi) is 8.55. The number of hydrogen-bond acceptors (Lipinski definition) is 2. The van der Waals surface area contributed by atoms with Gasteiger partial charge in [0.25, 0.3) is 0 Å². The maximum absolute atomic E-state index is 12.9. The number of fused-ring (bicyclic) bond motifs is 5.